The van der Waals surface area contributed by atoms with E-state index in [1.165, 1.54) is 12.8 Å². The normalized spacial score (nSPS) is 26.7. The summed E-state index contributed by atoms with van der Waals surface area (Å²) in [5.74, 6) is 1.53. The molecule has 120 valence electrons. The molecule has 2 fully saturated rings. The maximum atomic E-state index is 12.0. The van der Waals surface area contributed by atoms with Crippen molar-refractivity contribution in [2.45, 2.75) is 44.2 Å². The molecule has 22 heavy (non-hydrogen) atoms. The minimum absolute atomic E-state index is 0.158. The molecular formula is C17H23BrN2O2. The van der Waals surface area contributed by atoms with Crippen molar-refractivity contribution < 1.29 is 9.53 Å². The van der Waals surface area contributed by atoms with Gasteiger partial charge in [0, 0.05) is 23.0 Å². The Balaban J connectivity index is 1.32. The number of amides is 1. The zero-order valence-electron chi connectivity index (χ0n) is 12.7. The van der Waals surface area contributed by atoms with Crippen LogP contribution in [-0.2, 0) is 4.79 Å². The van der Waals surface area contributed by atoms with Crippen molar-refractivity contribution in [3.63, 3.8) is 0 Å². The molecule has 2 aliphatic rings. The minimum Gasteiger partial charge on any atom is -0.492 e. The van der Waals surface area contributed by atoms with Gasteiger partial charge in [0.1, 0.15) is 12.4 Å². The molecule has 0 saturated carbocycles. The number of rotatable bonds is 6. The Kier molecular flexibility index (Phi) is 5.37. The van der Waals surface area contributed by atoms with Crippen molar-refractivity contribution in [2.24, 2.45) is 5.92 Å². The van der Waals surface area contributed by atoms with Crippen LogP contribution < -0.4 is 15.4 Å². The molecule has 2 saturated heterocycles. The topological polar surface area (TPSA) is 50.4 Å². The second-order valence-corrected chi connectivity index (χ2v) is 7.25. The summed E-state index contributed by atoms with van der Waals surface area (Å²) in [7, 11) is 0. The average molecular weight is 367 g/mol. The van der Waals surface area contributed by atoms with Crippen molar-refractivity contribution in [3.05, 3.63) is 28.7 Å². The van der Waals surface area contributed by atoms with E-state index < -0.39 is 0 Å². The van der Waals surface area contributed by atoms with E-state index in [1.54, 1.807) is 0 Å². The van der Waals surface area contributed by atoms with Gasteiger partial charge in [-0.3, -0.25) is 4.79 Å². The van der Waals surface area contributed by atoms with Crippen molar-refractivity contribution in [1.29, 1.82) is 0 Å². The Hall–Kier alpha value is -1.07. The molecule has 1 aromatic carbocycles. The van der Waals surface area contributed by atoms with Crippen LogP contribution in [0.3, 0.4) is 0 Å². The molecular weight excluding hydrogens is 344 g/mol. The summed E-state index contributed by atoms with van der Waals surface area (Å²) in [5.41, 5.74) is 0. The zero-order valence-corrected chi connectivity index (χ0v) is 14.3. The highest BCUT2D eigenvalue weighted by Gasteiger charge is 2.33. The van der Waals surface area contributed by atoms with E-state index in [2.05, 4.69) is 26.6 Å². The monoisotopic (exact) mass is 366 g/mol. The summed E-state index contributed by atoms with van der Waals surface area (Å²) in [4.78, 5) is 12.0. The fourth-order valence-corrected chi connectivity index (χ4v) is 3.83. The van der Waals surface area contributed by atoms with Gasteiger partial charge in [-0.2, -0.15) is 0 Å². The molecule has 2 N–H and O–H groups in total. The minimum atomic E-state index is 0.158. The highest BCUT2D eigenvalue weighted by Crippen LogP contribution is 2.32. The van der Waals surface area contributed by atoms with Gasteiger partial charge in [-0.1, -0.05) is 15.9 Å². The molecule has 2 atom stereocenters. The van der Waals surface area contributed by atoms with E-state index in [-0.39, 0.29) is 5.91 Å². The van der Waals surface area contributed by atoms with Crippen LogP contribution in [-0.4, -0.2) is 31.1 Å². The Bertz CT molecular complexity index is 494. The zero-order chi connectivity index (χ0) is 15.4. The highest BCUT2D eigenvalue weighted by molar-refractivity contribution is 9.10. The van der Waals surface area contributed by atoms with Crippen molar-refractivity contribution in [2.75, 3.05) is 13.2 Å². The van der Waals surface area contributed by atoms with Gasteiger partial charge in [-0.05, 0) is 55.9 Å². The van der Waals surface area contributed by atoms with Crippen LogP contribution in [0.4, 0.5) is 0 Å². The van der Waals surface area contributed by atoms with Gasteiger partial charge in [0.25, 0.3) is 0 Å². The molecule has 2 bridgehead atoms. The van der Waals surface area contributed by atoms with Crippen molar-refractivity contribution in [3.8, 4) is 5.75 Å². The van der Waals surface area contributed by atoms with Crippen LogP contribution in [0.15, 0.2) is 28.7 Å². The molecule has 3 rings (SSSR count). The maximum absolute atomic E-state index is 12.0. The lowest BCUT2D eigenvalue weighted by atomic mass is 9.89. The van der Waals surface area contributed by atoms with Crippen LogP contribution >= 0.6 is 15.9 Å². The Morgan fingerprint density at radius 3 is 2.59 bits per heavy atom. The molecule has 1 amide bonds. The lowest BCUT2D eigenvalue weighted by Gasteiger charge is -2.28. The van der Waals surface area contributed by atoms with Crippen LogP contribution in [0.5, 0.6) is 5.75 Å². The maximum Gasteiger partial charge on any atom is 0.220 e. The molecule has 0 aromatic heterocycles. The molecule has 2 aliphatic heterocycles. The van der Waals surface area contributed by atoms with Gasteiger partial charge >= 0.3 is 0 Å². The molecule has 0 radical (unpaired) electrons. The highest BCUT2D eigenvalue weighted by atomic mass is 79.9. The van der Waals surface area contributed by atoms with Crippen LogP contribution in [0, 0.1) is 5.92 Å². The first-order valence-electron chi connectivity index (χ1n) is 8.10. The third-order valence-corrected chi connectivity index (χ3v) is 5.08. The Morgan fingerprint density at radius 1 is 1.23 bits per heavy atom. The SMILES string of the molecule is O=C(CC1CC2CCC(C1)N2)NCCOc1ccc(Br)cc1. The molecule has 2 heterocycles. The lowest BCUT2D eigenvalue weighted by molar-refractivity contribution is -0.122. The number of nitrogens with one attached hydrogen (secondary N) is 2. The Labute approximate surface area is 140 Å². The molecule has 5 heteroatoms. The molecule has 0 aliphatic carbocycles. The number of hydrogen-bond acceptors (Lipinski definition) is 3. The third-order valence-electron chi connectivity index (χ3n) is 4.55. The van der Waals surface area contributed by atoms with E-state index in [0.717, 1.165) is 23.1 Å². The number of ether oxygens (including phenoxy) is 1. The summed E-state index contributed by atoms with van der Waals surface area (Å²) in [5, 5.41) is 6.58. The standard InChI is InChI=1S/C17H23BrN2O2/c18-13-1-5-16(6-2-13)22-8-7-19-17(21)11-12-9-14-3-4-15(10-12)20-14/h1-2,5-6,12,14-15,20H,3-4,7-11H2,(H,19,21). The molecule has 2 unspecified atom stereocenters. The number of carbonyl (C=O) groups excluding carboxylic acids is 1. The number of benzene rings is 1. The van der Waals surface area contributed by atoms with Gasteiger partial charge in [0.2, 0.25) is 5.91 Å². The molecule has 0 spiro atoms. The van der Waals surface area contributed by atoms with Gasteiger partial charge in [-0.25, -0.2) is 0 Å². The number of carbonyl (C=O) groups is 1. The van der Waals surface area contributed by atoms with Gasteiger partial charge in [-0.15, -0.1) is 0 Å². The average Bonchev–Trinajstić information content (AvgIpc) is 2.84. The fraction of sp³-hybridized carbons (Fsp3) is 0.588. The summed E-state index contributed by atoms with van der Waals surface area (Å²) in [6.45, 7) is 1.07. The molecule has 4 nitrogen and oxygen atoms in total. The predicted octanol–water partition coefficient (Wildman–Crippen LogP) is 2.86. The van der Waals surface area contributed by atoms with E-state index in [1.807, 2.05) is 24.3 Å². The predicted molar refractivity (Wildman–Crippen MR) is 89.9 cm³/mol. The van der Waals surface area contributed by atoms with Crippen molar-refractivity contribution in [1.82, 2.24) is 10.6 Å². The van der Waals surface area contributed by atoms with Gasteiger partial charge in [0.05, 0.1) is 6.54 Å². The summed E-state index contributed by atoms with van der Waals surface area (Å²) < 4.78 is 6.63. The largest absolute Gasteiger partial charge is 0.492 e. The van der Waals surface area contributed by atoms with E-state index >= 15 is 0 Å². The number of fused-ring (bicyclic) bond motifs is 2. The smallest absolute Gasteiger partial charge is 0.220 e. The second kappa shape index (κ2) is 7.47. The van der Waals surface area contributed by atoms with E-state index in [0.29, 0.717) is 37.6 Å². The first-order valence-corrected chi connectivity index (χ1v) is 8.89. The van der Waals surface area contributed by atoms with E-state index in [4.69, 9.17) is 4.74 Å². The van der Waals surface area contributed by atoms with Gasteiger partial charge in [0.15, 0.2) is 0 Å². The number of halogens is 1. The van der Waals surface area contributed by atoms with Crippen molar-refractivity contribution >= 4 is 21.8 Å². The lowest BCUT2D eigenvalue weighted by Crippen LogP contribution is -2.40. The van der Waals surface area contributed by atoms with Gasteiger partial charge < -0.3 is 15.4 Å². The van der Waals surface area contributed by atoms with Crippen LogP contribution in [0.1, 0.15) is 32.1 Å². The summed E-state index contributed by atoms with van der Waals surface area (Å²) in [6, 6.07) is 9.01. The Morgan fingerprint density at radius 2 is 1.91 bits per heavy atom. The third kappa shape index (κ3) is 4.46. The van der Waals surface area contributed by atoms with Crippen LogP contribution in [0.2, 0.25) is 0 Å². The second-order valence-electron chi connectivity index (χ2n) is 6.33. The first kappa shape index (κ1) is 15.8. The number of piperidine rings is 1. The molecule has 1 aromatic rings. The fourth-order valence-electron chi connectivity index (χ4n) is 3.57. The summed E-state index contributed by atoms with van der Waals surface area (Å²) >= 11 is 3.39. The first-order chi connectivity index (χ1) is 10.7. The number of hydrogen-bond donors (Lipinski definition) is 2. The summed E-state index contributed by atoms with van der Waals surface area (Å²) in [6.07, 6.45) is 5.53. The van der Waals surface area contributed by atoms with E-state index in [9.17, 15) is 4.79 Å². The van der Waals surface area contributed by atoms with Crippen LogP contribution in [0.25, 0.3) is 0 Å². The quantitative estimate of drug-likeness (QED) is 0.761.